The average Bonchev–Trinajstić information content (AvgIpc) is 3.06. The Morgan fingerprint density at radius 3 is 2.47 bits per heavy atom. The third-order valence-electron chi connectivity index (χ3n) is 11.3. The van der Waals surface area contributed by atoms with Crippen LogP contribution in [-0.2, 0) is 0 Å². The number of aliphatic hydroxyl groups is 1. The van der Waals surface area contributed by atoms with Crippen LogP contribution in [0.4, 0.5) is 0 Å². The summed E-state index contributed by atoms with van der Waals surface area (Å²) < 4.78 is 0. The van der Waals surface area contributed by atoms with Gasteiger partial charge in [0, 0.05) is 0 Å². The van der Waals surface area contributed by atoms with Crippen LogP contribution in [0.15, 0.2) is 11.6 Å². The molecular weight excluding hydrogens is 364 g/mol. The fraction of sp³-hybridized carbons (Fsp3) is 0.931. The fourth-order valence-corrected chi connectivity index (χ4v) is 9.30. The van der Waals surface area contributed by atoms with E-state index in [0.29, 0.717) is 10.8 Å². The van der Waals surface area contributed by atoms with Crippen LogP contribution >= 0.6 is 0 Å². The lowest BCUT2D eigenvalue weighted by atomic mass is 9.47. The Balaban J connectivity index is 1.47. The van der Waals surface area contributed by atoms with Gasteiger partial charge in [0.1, 0.15) is 0 Å². The van der Waals surface area contributed by atoms with E-state index < -0.39 is 0 Å². The molecule has 0 amide bonds. The Hall–Kier alpha value is -0.300. The fourth-order valence-electron chi connectivity index (χ4n) is 9.30. The van der Waals surface area contributed by atoms with Crippen molar-refractivity contribution in [1.29, 1.82) is 0 Å². The van der Waals surface area contributed by atoms with E-state index in [2.05, 4.69) is 47.6 Å². The SMILES string of the molecule is CCC(CCC(C)C1CCC2C3CC=C4C[C@@H](O)CCC4(C)C3CCC12C)C(C)C. The smallest absolute Gasteiger partial charge is 0.0577 e. The van der Waals surface area contributed by atoms with Crippen molar-refractivity contribution in [1.82, 2.24) is 0 Å². The molecular formula is C29H50O. The van der Waals surface area contributed by atoms with Gasteiger partial charge in [-0.05, 0) is 110 Å². The highest BCUT2D eigenvalue weighted by atomic mass is 16.3. The number of hydrogen-bond acceptors (Lipinski definition) is 1. The molecule has 4 aliphatic rings. The van der Waals surface area contributed by atoms with Crippen molar-refractivity contribution in [2.45, 2.75) is 118 Å². The van der Waals surface area contributed by atoms with E-state index in [0.717, 1.165) is 54.3 Å². The van der Waals surface area contributed by atoms with Crippen molar-refractivity contribution in [3.05, 3.63) is 11.6 Å². The molecule has 172 valence electrons. The first-order valence-electron chi connectivity index (χ1n) is 13.6. The monoisotopic (exact) mass is 414 g/mol. The third-order valence-corrected chi connectivity index (χ3v) is 11.3. The zero-order chi connectivity index (χ0) is 21.7. The number of aliphatic hydroxyl groups excluding tert-OH is 1. The largest absolute Gasteiger partial charge is 0.393 e. The third kappa shape index (κ3) is 3.74. The minimum atomic E-state index is -0.0794. The molecule has 0 saturated heterocycles. The van der Waals surface area contributed by atoms with Crippen molar-refractivity contribution in [3.8, 4) is 0 Å². The number of hydrogen-bond donors (Lipinski definition) is 1. The van der Waals surface area contributed by atoms with Crippen LogP contribution in [0, 0.1) is 52.3 Å². The maximum Gasteiger partial charge on any atom is 0.0577 e. The molecule has 3 fully saturated rings. The molecule has 0 aromatic heterocycles. The molecule has 8 unspecified atom stereocenters. The first-order valence-corrected chi connectivity index (χ1v) is 13.6. The molecule has 0 aromatic rings. The average molecular weight is 415 g/mol. The summed E-state index contributed by atoms with van der Waals surface area (Å²) in [6.07, 6.45) is 17.1. The summed E-state index contributed by atoms with van der Waals surface area (Å²) in [5.74, 6) is 6.31. The van der Waals surface area contributed by atoms with Crippen LogP contribution in [0.3, 0.4) is 0 Å². The molecule has 0 aliphatic heterocycles. The highest BCUT2D eigenvalue weighted by Gasteiger charge is 2.59. The first-order chi connectivity index (χ1) is 14.2. The Bertz CT molecular complexity index is 634. The second-order valence-electron chi connectivity index (χ2n) is 12.9. The molecule has 3 saturated carbocycles. The van der Waals surface area contributed by atoms with Crippen molar-refractivity contribution < 1.29 is 5.11 Å². The van der Waals surface area contributed by atoms with Crippen LogP contribution in [0.1, 0.15) is 112 Å². The van der Waals surface area contributed by atoms with Crippen molar-refractivity contribution >= 4 is 0 Å². The second-order valence-corrected chi connectivity index (χ2v) is 12.9. The van der Waals surface area contributed by atoms with Gasteiger partial charge < -0.3 is 5.11 Å². The molecule has 9 atom stereocenters. The van der Waals surface area contributed by atoms with Crippen molar-refractivity contribution in [3.63, 3.8) is 0 Å². The molecule has 0 spiro atoms. The standard InChI is InChI=1S/C29H50O/c1-7-21(19(2)3)9-8-20(4)25-12-13-26-24-11-10-22-18-23(30)14-16-28(22,5)27(24)15-17-29(25,26)6/h10,19-21,23-27,30H,7-9,11-18H2,1-6H3/t20?,21?,23-,24?,25?,26?,27?,28?,29?/m0/s1. The van der Waals surface area contributed by atoms with Gasteiger partial charge in [-0.2, -0.15) is 0 Å². The van der Waals surface area contributed by atoms with Gasteiger partial charge in [-0.15, -0.1) is 0 Å². The topological polar surface area (TPSA) is 20.2 Å². The molecule has 1 N–H and O–H groups in total. The first kappa shape index (κ1) is 22.9. The maximum absolute atomic E-state index is 10.2. The summed E-state index contributed by atoms with van der Waals surface area (Å²) in [6, 6.07) is 0. The van der Waals surface area contributed by atoms with Crippen LogP contribution in [0.25, 0.3) is 0 Å². The van der Waals surface area contributed by atoms with Gasteiger partial charge in [-0.25, -0.2) is 0 Å². The normalized spacial score (nSPS) is 45.3. The number of fused-ring (bicyclic) bond motifs is 5. The Labute approximate surface area is 187 Å². The van der Waals surface area contributed by atoms with E-state index in [-0.39, 0.29) is 6.10 Å². The minimum Gasteiger partial charge on any atom is -0.393 e. The Kier molecular flexibility index (Phi) is 6.53. The summed E-state index contributed by atoms with van der Waals surface area (Å²) in [6.45, 7) is 15.1. The van der Waals surface area contributed by atoms with Gasteiger partial charge >= 0.3 is 0 Å². The van der Waals surface area contributed by atoms with E-state index >= 15 is 0 Å². The van der Waals surface area contributed by atoms with Crippen molar-refractivity contribution in [2.75, 3.05) is 0 Å². The van der Waals surface area contributed by atoms with E-state index in [1.54, 1.807) is 5.57 Å². The zero-order valence-corrected chi connectivity index (χ0v) is 20.9. The van der Waals surface area contributed by atoms with Gasteiger partial charge in [-0.3, -0.25) is 0 Å². The van der Waals surface area contributed by atoms with Gasteiger partial charge in [-0.1, -0.05) is 66.0 Å². The number of allylic oxidation sites excluding steroid dienone is 1. The lowest BCUT2D eigenvalue weighted by Gasteiger charge is -2.58. The summed E-state index contributed by atoms with van der Waals surface area (Å²) in [5, 5.41) is 10.2. The lowest BCUT2D eigenvalue weighted by Crippen LogP contribution is -2.50. The molecule has 1 heteroatoms. The predicted octanol–water partition coefficient (Wildman–Crippen LogP) is 8.02. The summed E-state index contributed by atoms with van der Waals surface area (Å²) in [4.78, 5) is 0. The van der Waals surface area contributed by atoms with Gasteiger partial charge in [0.05, 0.1) is 6.10 Å². The Morgan fingerprint density at radius 1 is 1.00 bits per heavy atom. The molecule has 4 rings (SSSR count). The van der Waals surface area contributed by atoms with Crippen LogP contribution in [-0.4, -0.2) is 11.2 Å². The van der Waals surface area contributed by atoms with E-state index in [1.165, 1.54) is 57.8 Å². The van der Waals surface area contributed by atoms with E-state index in [9.17, 15) is 5.11 Å². The molecule has 0 aromatic carbocycles. The highest BCUT2D eigenvalue weighted by molar-refractivity contribution is 5.25. The van der Waals surface area contributed by atoms with Crippen molar-refractivity contribution in [2.24, 2.45) is 52.3 Å². The van der Waals surface area contributed by atoms with Crippen LogP contribution in [0.2, 0.25) is 0 Å². The predicted molar refractivity (Wildman–Crippen MR) is 128 cm³/mol. The molecule has 0 heterocycles. The highest BCUT2D eigenvalue weighted by Crippen LogP contribution is 2.67. The maximum atomic E-state index is 10.2. The molecule has 30 heavy (non-hydrogen) atoms. The quantitative estimate of drug-likeness (QED) is 0.436. The van der Waals surface area contributed by atoms with Gasteiger partial charge in [0.15, 0.2) is 0 Å². The second kappa shape index (κ2) is 8.57. The van der Waals surface area contributed by atoms with Crippen LogP contribution in [0.5, 0.6) is 0 Å². The van der Waals surface area contributed by atoms with Crippen LogP contribution < -0.4 is 0 Å². The molecule has 4 aliphatic carbocycles. The summed E-state index contributed by atoms with van der Waals surface area (Å²) in [7, 11) is 0. The van der Waals surface area contributed by atoms with Gasteiger partial charge in [0.2, 0.25) is 0 Å². The van der Waals surface area contributed by atoms with E-state index in [1.807, 2.05) is 0 Å². The Morgan fingerprint density at radius 2 is 1.77 bits per heavy atom. The van der Waals surface area contributed by atoms with Gasteiger partial charge in [0.25, 0.3) is 0 Å². The van der Waals surface area contributed by atoms with E-state index in [4.69, 9.17) is 0 Å². The molecule has 0 radical (unpaired) electrons. The summed E-state index contributed by atoms with van der Waals surface area (Å²) in [5.41, 5.74) is 2.59. The lowest BCUT2D eigenvalue weighted by molar-refractivity contribution is -0.0575. The zero-order valence-electron chi connectivity index (χ0n) is 20.9. The molecule has 1 nitrogen and oxygen atoms in total. The summed E-state index contributed by atoms with van der Waals surface area (Å²) >= 11 is 0. The molecule has 0 bridgehead atoms. The minimum absolute atomic E-state index is 0.0794. The number of rotatable bonds is 6.